The van der Waals surface area contributed by atoms with Crippen molar-refractivity contribution in [2.45, 2.75) is 25.5 Å². The molecule has 0 aliphatic carbocycles. The van der Waals surface area contributed by atoms with E-state index in [9.17, 15) is 5.11 Å². The molecule has 1 heterocycles. The molecule has 21 heavy (non-hydrogen) atoms. The highest BCUT2D eigenvalue weighted by Crippen LogP contribution is 2.23. The van der Waals surface area contributed by atoms with E-state index in [1.165, 1.54) is 11.1 Å². The van der Waals surface area contributed by atoms with Crippen molar-refractivity contribution in [3.8, 4) is 0 Å². The monoisotopic (exact) mass is 345 g/mol. The Kier molecular flexibility index (Phi) is 4.73. The van der Waals surface area contributed by atoms with Crippen LogP contribution in [-0.4, -0.2) is 23.1 Å². The zero-order valence-electron chi connectivity index (χ0n) is 12.0. The van der Waals surface area contributed by atoms with Crippen LogP contribution in [0.4, 0.5) is 0 Å². The van der Waals surface area contributed by atoms with Crippen LogP contribution in [0, 0.1) is 0 Å². The normalized spacial score (nSPS) is 16.5. The zero-order valence-corrected chi connectivity index (χ0v) is 13.6. The van der Waals surface area contributed by atoms with E-state index in [-0.39, 0.29) is 6.10 Å². The van der Waals surface area contributed by atoms with Crippen molar-refractivity contribution in [1.82, 2.24) is 4.90 Å². The summed E-state index contributed by atoms with van der Waals surface area (Å²) in [4.78, 5) is 2.43. The van der Waals surface area contributed by atoms with Crippen LogP contribution in [0.2, 0.25) is 0 Å². The topological polar surface area (TPSA) is 23.5 Å². The van der Waals surface area contributed by atoms with Gasteiger partial charge in [0.1, 0.15) is 0 Å². The van der Waals surface area contributed by atoms with Crippen LogP contribution >= 0.6 is 15.9 Å². The van der Waals surface area contributed by atoms with E-state index in [1.54, 1.807) is 0 Å². The number of hydrogen-bond acceptors (Lipinski definition) is 2. The van der Waals surface area contributed by atoms with Gasteiger partial charge in [-0.3, -0.25) is 4.90 Å². The number of benzene rings is 2. The molecule has 2 nitrogen and oxygen atoms in total. The first-order chi connectivity index (χ1) is 10.2. The Balaban J connectivity index is 1.57. The predicted octanol–water partition coefficient (Wildman–Crippen LogP) is 3.93. The maximum atomic E-state index is 10.3. The van der Waals surface area contributed by atoms with Gasteiger partial charge in [-0.2, -0.15) is 0 Å². The van der Waals surface area contributed by atoms with Crippen LogP contribution in [0.5, 0.6) is 0 Å². The van der Waals surface area contributed by atoms with Crippen molar-refractivity contribution in [2.75, 3.05) is 13.1 Å². The molecule has 0 saturated carbocycles. The van der Waals surface area contributed by atoms with Gasteiger partial charge in [0.25, 0.3) is 0 Å². The van der Waals surface area contributed by atoms with E-state index >= 15 is 0 Å². The molecule has 2 aromatic rings. The summed E-state index contributed by atoms with van der Waals surface area (Å²) in [6.07, 6.45) is 1.50. The maximum Gasteiger partial charge on any atom is 0.0802 e. The molecule has 0 amide bonds. The number of hydrogen-bond donors (Lipinski definition) is 1. The summed E-state index contributed by atoms with van der Waals surface area (Å²) in [5.74, 6) is 0. The van der Waals surface area contributed by atoms with Crippen LogP contribution in [-0.2, 0) is 13.0 Å². The third-order valence-corrected chi connectivity index (χ3v) is 4.66. The fourth-order valence-corrected chi connectivity index (χ4v) is 3.35. The molecule has 2 aromatic carbocycles. The highest BCUT2D eigenvalue weighted by atomic mass is 79.9. The minimum absolute atomic E-state index is 0.389. The van der Waals surface area contributed by atoms with Crippen LogP contribution < -0.4 is 0 Å². The minimum Gasteiger partial charge on any atom is -0.388 e. The Bertz CT molecular complexity index is 614. The Hall–Kier alpha value is -1.16. The third-order valence-electron chi connectivity index (χ3n) is 4.16. The van der Waals surface area contributed by atoms with E-state index in [4.69, 9.17) is 0 Å². The van der Waals surface area contributed by atoms with Gasteiger partial charge in [0.05, 0.1) is 6.10 Å². The fourth-order valence-electron chi connectivity index (χ4n) is 2.93. The lowest BCUT2D eigenvalue weighted by atomic mass is 9.99. The molecule has 0 aromatic heterocycles. The lowest BCUT2D eigenvalue weighted by Gasteiger charge is -2.29. The van der Waals surface area contributed by atoms with Crippen molar-refractivity contribution in [3.05, 3.63) is 69.7 Å². The average Bonchev–Trinajstić information content (AvgIpc) is 2.52. The largest absolute Gasteiger partial charge is 0.388 e. The summed E-state index contributed by atoms with van der Waals surface area (Å²) in [6, 6.07) is 16.6. The van der Waals surface area contributed by atoms with Gasteiger partial charge in [-0.15, -0.1) is 0 Å². The molecule has 1 atom stereocenters. The smallest absolute Gasteiger partial charge is 0.0802 e. The minimum atomic E-state index is -0.389. The van der Waals surface area contributed by atoms with E-state index in [1.807, 2.05) is 24.3 Å². The summed E-state index contributed by atoms with van der Waals surface area (Å²) in [7, 11) is 0. The molecule has 1 unspecified atom stereocenters. The molecule has 1 aliphatic heterocycles. The molecule has 1 N–H and O–H groups in total. The number of nitrogens with zero attached hydrogens (tertiary/aromatic N) is 1. The number of halogens is 1. The molecule has 0 fully saturated rings. The number of aliphatic hydroxyl groups is 1. The molecule has 1 aliphatic rings. The van der Waals surface area contributed by atoms with Gasteiger partial charge in [-0.1, -0.05) is 52.3 Å². The van der Waals surface area contributed by atoms with Gasteiger partial charge in [-0.25, -0.2) is 0 Å². The zero-order chi connectivity index (χ0) is 14.7. The average molecular weight is 346 g/mol. The second kappa shape index (κ2) is 6.73. The molecular formula is C18H20BrNO. The van der Waals surface area contributed by atoms with Crippen LogP contribution in [0.1, 0.15) is 29.2 Å². The SMILES string of the molecule is OC(CCN1CCc2ccccc2C1)c1cccc(Br)c1. The first-order valence-corrected chi connectivity index (χ1v) is 8.24. The Labute approximate surface area is 134 Å². The lowest BCUT2D eigenvalue weighted by Crippen LogP contribution is -2.32. The first-order valence-electron chi connectivity index (χ1n) is 7.45. The highest BCUT2D eigenvalue weighted by molar-refractivity contribution is 9.10. The summed E-state index contributed by atoms with van der Waals surface area (Å²) >= 11 is 3.45. The van der Waals surface area contributed by atoms with Crippen molar-refractivity contribution in [1.29, 1.82) is 0 Å². The first kappa shape index (κ1) is 14.8. The lowest BCUT2D eigenvalue weighted by molar-refractivity contribution is 0.137. The quantitative estimate of drug-likeness (QED) is 0.907. The van der Waals surface area contributed by atoms with E-state index < -0.39 is 0 Å². The fraction of sp³-hybridized carbons (Fsp3) is 0.333. The number of rotatable bonds is 4. The van der Waals surface area contributed by atoms with E-state index in [2.05, 4.69) is 45.1 Å². The van der Waals surface area contributed by atoms with Crippen LogP contribution in [0.15, 0.2) is 53.0 Å². The maximum absolute atomic E-state index is 10.3. The van der Waals surface area contributed by atoms with Crippen molar-refractivity contribution in [2.24, 2.45) is 0 Å². The van der Waals surface area contributed by atoms with Crippen molar-refractivity contribution in [3.63, 3.8) is 0 Å². The summed E-state index contributed by atoms with van der Waals surface area (Å²) in [5.41, 5.74) is 3.89. The molecule has 110 valence electrons. The molecule has 0 saturated heterocycles. The molecule has 0 bridgehead atoms. The second-order valence-electron chi connectivity index (χ2n) is 5.65. The predicted molar refractivity (Wildman–Crippen MR) is 89.1 cm³/mol. The van der Waals surface area contributed by atoms with Crippen molar-refractivity contribution >= 4 is 15.9 Å². The molecule has 3 rings (SSSR count). The van der Waals surface area contributed by atoms with Gasteiger partial charge in [0.2, 0.25) is 0 Å². The molecule has 0 spiro atoms. The standard InChI is InChI=1S/C18H20BrNO/c19-17-7-3-6-15(12-17)18(21)9-11-20-10-8-14-4-1-2-5-16(14)13-20/h1-7,12,18,21H,8-11,13H2. The van der Waals surface area contributed by atoms with Crippen LogP contribution in [0.25, 0.3) is 0 Å². The van der Waals surface area contributed by atoms with Crippen LogP contribution in [0.3, 0.4) is 0 Å². The van der Waals surface area contributed by atoms with E-state index in [0.717, 1.165) is 42.5 Å². The van der Waals surface area contributed by atoms with Crippen molar-refractivity contribution < 1.29 is 5.11 Å². The summed E-state index contributed by atoms with van der Waals surface area (Å²) in [5, 5.41) is 10.3. The van der Waals surface area contributed by atoms with E-state index in [0.29, 0.717) is 0 Å². The number of fused-ring (bicyclic) bond motifs is 1. The van der Waals surface area contributed by atoms with Gasteiger partial charge in [0.15, 0.2) is 0 Å². The molecule has 3 heteroatoms. The molecular weight excluding hydrogens is 326 g/mol. The second-order valence-corrected chi connectivity index (χ2v) is 6.57. The summed E-state index contributed by atoms with van der Waals surface area (Å²) < 4.78 is 1.02. The number of aliphatic hydroxyl groups excluding tert-OH is 1. The van der Waals surface area contributed by atoms with Gasteiger partial charge >= 0.3 is 0 Å². The molecule has 0 radical (unpaired) electrons. The van der Waals surface area contributed by atoms with Gasteiger partial charge in [-0.05, 0) is 41.7 Å². The Morgan fingerprint density at radius 1 is 1.10 bits per heavy atom. The van der Waals surface area contributed by atoms with Gasteiger partial charge in [0, 0.05) is 24.1 Å². The third kappa shape index (κ3) is 3.73. The summed E-state index contributed by atoms with van der Waals surface area (Å²) in [6.45, 7) is 3.02. The van der Waals surface area contributed by atoms with Gasteiger partial charge < -0.3 is 5.11 Å². The Morgan fingerprint density at radius 3 is 2.71 bits per heavy atom. The highest BCUT2D eigenvalue weighted by Gasteiger charge is 2.17. The Morgan fingerprint density at radius 2 is 1.90 bits per heavy atom.